The molecule has 1 heterocycles. The van der Waals surface area contributed by atoms with Crippen molar-refractivity contribution in [1.29, 1.82) is 0 Å². The summed E-state index contributed by atoms with van der Waals surface area (Å²) in [6, 6.07) is 0. The maximum Gasteiger partial charge on any atom is 0.425 e. The van der Waals surface area contributed by atoms with E-state index in [1.165, 1.54) is 11.7 Å². The van der Waals surface area contributed by atoms with Gasteiger partial charge in [-0.25, -0.2) is 4.68 Å². The number of halogens is 3. The standard InChI is InChI=1S/C10H16F3N3O/c1-4-5-7-8(14)9(16(3)15-7)17-6(2)10(11,12)13/h6H,4-5,14H2,1-3H3. The van der Waals surface area contributed by atoms with Crippen molar-refractivity contribution >= 4 is 5.69 Å². The molecule has 98 valence electrons. The van der Waals surface area contributed by atoms with Crippen LogP contribution in [-0.2, 0) is 13.5 Å². The van der Waals surface area contributed by atoms with Gasteiger partial charge in [0.05, 0.1) is 5.69 Å². The molecule has 0 saturated heterocycles. The molecule has 0 aliphatic carbocycles. The van der Waals surface area contributed by atoms with Crippen molar-refractivity contribution in [3.8, 4) is 5.88 Å². The molecule has 1 atom stereocenters. The second kappa shape index (κ2) is 4.85. The summed E-state index contributed by atoms with van der Waals surface area (Å²) < 4.78 is 43.1. The van der Waals surface area contributed by atoms with Crippen molar-refractivity contribution in [2.45, 2.75) is 39.0 Å². The third-order valence-electron chi connectivity index (χ3n) is 2.34. The lowest BCUT2D eigenvalue weighted by Crippen LogP contribution is -2.32. The topological polar surface area (TPSA) is 53.1 Å². The molecule has 0 spiro atoms. The Hall–Kier alpha value is -1.40. The van der Waals surface area contributed by atoms with E-state index in [0.717, 1.165) is 13.3 Å². The van der Waals surface area contributed by atoms with Gasteiger partial charge in [-0.05, 0) is 13.3 Å². The van der Waals surface area contributed by atoms with E-state index in [1.807, 2.05) is 6.92 Å². The minimum absolute atomic E-state index is 0.0294. The van der Waals surface area contributed by atoms with Gasteiger partial charge in [-0.2, -0.15) is 18.3 Å². The van der Waals surface area contributed by atoms with Gasteiger partial charge in [-0.3, -0.25) is 0 Å². The number of nitrogens with zero attached hydrogens (tertiary/aromatic N) is 2. The SMILES string of the molecule is CCCc1nn(C)c(OC(C)C(F)(F)F)c1N. The van der Waals surface area contributed by atoms with Gasteiger partial charge in [0.1, 0.15) is 5.69 Å². The van der Waals surface area contributed by atoms with Crippen LogP contribution < -0.4 is 10.5 Å². The summed E-state index contributed by atoms with van der Waals surface area (Å²) in [5.41, 5.74) is 6.46. The van der Waals surface area contributed by atoms with Crippen LogP contribution in [0.4, 0.5) is 18.9 Å². The number of nitrogen functional groups attached to an aromatic ring is 1. The maximum atomic E-state index is 12.4. The van der Waals surface area contributed by atoms with E-state index in [9.17, 15) is 13.2 Å². The Bertz CT molecular complexity index is 387. The number of hydrogen-bond donors (Lipinski definition) is 1. The van der Waals surface area contributed by atoms with Gasteiger partial charge in [-0.1, -0.05) is 13.3 Å². The molecule has 1 rings (SSSR count). The fraction of sp³-hybridized carbons (Fsp3) is 0.700. The van der Waals surface area contributed by atoms with Crippen LogP contribution >= 0.6 is 0 Å². The molecule has 0 aliphatic rings. The van der Waals surface area contributed by atoms with E-state index in [1.54, 1.807) is 0 Å². The zero-order valence-electron chi connectivity index (χ0n) is 10.0. The number of nitrogens with two attached hydrogens (primary N) is 1. The average Bonchev–Trinajstić information content (AvgIpc) is 2.45. The first-order chi connectivity index (χ1) is 7.77. The summed E-state index contributed by atoms with van der Waals surface area (Å²) in [5.74, 6) is -0.0294. The first-order valence-corrected chi connectivity index (χ1v) is 5.32. The van der Waals surface area contributed by atoms with Gasteiger partial charge >= 0.3 is 6.18 Å². The molecule has 0 radical (unpaired) electrons. The van der Waals surface area contributed by atoms with Gasteiger partial charge in [-0.15, -0.1) is 0 Å². The Balaban J connectivity index is 2.92. The van der Waals surface area contributed by atoms with E-state index < -0.39 is 12.3 Å². The molecular weight excluding hydrogens is 235 g/mol. The second-order valence-electron chi connectivity index (χ2n) is 3.84. The summed E-state index contributed by atoms with van der Waals surface area (Å²) in [6.45, 7) is 2.87. The first-order valence-electron chi connectivity index (χ1n) is 5.32. The first kappa shape index (κ1) is 13.7. The van der Waals surface area contributed by atoms with E-state index >= 15 is 0 Å². The van der Waals surface area contributed by atoms with Crippen molar-refractivity contribution in [2.24, 2.45) is 7.05 Å². The van der Waals surface area contributed by atoms with E-state index in [2.05, 4.69) is 5.10 Å². The highest BCUT2D eigenvalue weighted by Crippen LogP contribution is 2.30. The molecule has 1 aromatic heterocycles. The number of aromatic nitrogens is 2. The molecule has 1 unspecified atom stereocenters. The number of rotatable bonds is 4. The van der Waals surface area contributed by atoms with Gasteiger partial charge in [0.2, 0.25) is 5.88 Å². The minimum atomic E-state index is -4.42. The van der Waals surface area contributed by atoms with Gasteiger partial charge < -0.3 is 10.5 Å². The van der Waals surface area contributed by atoms with Gasteiger partial charge in [0.15, 0.2) is 6.10 Å². The highest BCUT2D eigenvalue weighted by molar-refractivity contribution is 5.53. The van der Waals surface area contributed by atoms with Crippen molar-refractivity contribution in [3.05, 3.63) is 5.69 Å². The molecular formula is C10H16F3N3O. The molecule has 0 aromatic carbocycles. The Kier molecular flexibility index (Phi) is 3.90. The fourth-order valence-electron chi connectivity index (χ4n) is 1.37. The number of aryl methyl sites for hydroxylation is 2. The van der Waals surface area contributed by atoms with Crippen LogP contribution in [0.3, 0.4) is 0 Å². The molecule has 2 N–H and O–H groups in total. The Morgan fingerprint density at radius 3 is 2.53 bits per heavy atom. The number of hydrogen-bond acceptors (Lipinski definition) is 3. The lowest BCUT2D eigenvalue weighted by atomic mass is 10.2. The van der Waals surface area contributed by atoms with Gasteiger partial charge in [0.25, 0.3) is 0 Å². The summed E-state index contributed by atoms with van der Waals surface area (Å²) in [5, 5.41) is 4.03. The zero-order chi connectivity index (χ0) is 13.2. The van der Waals surface area contributed by atoms with Crippen LogP contribution in [0, 0.1) is 0 Å². The van der Waals surface area contributed by atoms with Crippen LogP contribution in [0.25, 0.3) is 0 Å². The highest BCUT2D eigenvalue weighted by Gasteiger charge is 2.39. The van der Waals surface area contributed by atoms with Crippen LogP contribution in [0.1, 0.15) is 26.0 Å². The average molecular weight is 251 g/mol. The molecule has 7 heteroatoms. The Morgan fingerprint density at radius 1 is 1.47 bits per heavy atom. The molecule has 0 aliphatic heterocycles. The molecule has 1 aromatic rings. The second-order valence-corrected chi connectivity index (χ2v) is 3.84. The lowest BCUT2D eigenvalue weighted by molar-refractivity contribution is -0.190. The fourth-order valence-corrected chi connectivity index (χ4v) is 1.37. The Morgan fingerprint density at radius 2 is 2.06 bits per heavy atom. The molecule has 4 nitrogen and oxygen atoms in total. The van der Waals surface area contributed by atoms with Gasteiger partial charge in [0, 0.05) is 7.05 Å². The minimum Gasteiger partial charge on any atom is -0.464 e. The zero-order valence-corrected chi connectivity index (χ0v) is 10.0. The summed E-state index contributed by atoms with van der Waals surface area (Å²) in [4.78, 5) is 0. The third-order valence-corrected chi connectivity index (χ3v) is 2.34. The number of alkyl halides is 3. The quantitative estimate of drug-likeness (QED) is 0.893. The van der Waals surface area contributed by atoms with Crippen LogP contribution in [0.5, 0.6) is 5.88 Å². The van der Waals surface area contributed by atoms with Crippen molar-refractivity contribution < 1.29 is 17.9 Å². The van der Waals surface area contributed by atoms with Crippen LogP contribution in [0.2, 0.25) is 0 Å². The van der Waals surface area contributed by atoms with Crippen LogP contribution in [0.15, 0.2) is 0 Å². The number of ether oxygens (including phenoxy) is 1. The normalized spacial score (nSPS) is 13.8. The molecule has 0 amide bonds. The molecule has 0 bridgehead atoms. The molecule has 17 heavy (non-hydrogen) atoms. The summed E-state index contributed by atoms with van der Waals surface area (Å²) in [6.07, 6.45) is -4.89. The van der Waals surface area contributed by atoms with E-state index in [0.29, 0.717) is 12.1 Å². The van der Waals surface area contributed by atoms with Crippen molar-refractivity contribution in [2.75, 3.05) is 5.73 Å². The molecule has 0 fully saturated rings. The largest absolute Gasteiger partial charge is 0.464 e. The summed E-state index contributed by atoms with van der Waals surface area (Å²) >= 11 is 0. The third kappa shape index (κ3) is 3.04. The van der Waals surface area contributed by atoms with Crippen LogP contribution in [-0.4, -0.2) is 22.1 Å². The van der Waals surface area contributed by atoms with Crippen molar-refractivity contribution in [1.82, 2.24) is 9.78 Å². The van der Waals surface area contributed by atoms with E-state index in [4.69, 9.17) is 10.5 Å². The number of anilines is 1. The Labute approximate surface area is 97.5 Å². The monoisotopic (exact) mass is 251 g/mol. The predicted octanol–water partition coefficient (Wildman–Crippen LogP) is 2.28. The summed E-state index contributed by atoms with van der Waals surface area (Å²) in [7, 11) is 1.51. The van der Waals surface area contributed by atoms with Crippen molar-refractivity contribution in [3.63, 3.8) is 0 Å². The lowest BCUT2D eigenvalue weighted by Gasteiger charge is -2.17. The highest BCUT2D eigenvalue weighted by atomic mass is 19.4. The molecule has 0 saturated carbocycles. The maximum absolute atomic E-state index is 12.4. The smallest absolute Gasteiger partial charge is 0.425 e. The van der Waals surface area contributed by atoms with E-state index in [-0.39, 0.29) is 11.6 Å². The predicted molar refractivity (Wildman–Crippen MR) is 57.8 cm³/mol.